The third kappa shape index (κ3) is 2.93. The van der Waals surface area contributed by atoms with Crippen LogP contribution in [-0.4, -0.2) is 27.7 Å². The number of rotatable bonds is 5. The van der Waals surface area contributed by atoms with Crippen LogP contribution in [0.4, 0.5) is 11.5 Å². The van der Waals surface area contributed by atoms with E-state index in [4.69, 9.17) is 5.26 Å². The molecule has 1 atom stereocenters. The van der Waals surface area contributed by atoms with Crippen molar-refractivity contribution in [2.24, 2.45) is 5.92 Å². The Morgan fingerprint density at radius 2 is 2.33 bits per heavy atom. The molecule has 0 unspecified atom stereocenters. The molecule has 0 radical (unpaired) electrons. The average Bonchev–Trinajstić information content (AvgIpc) is 2.34. The molecule has 0 aromatic carbocycles. The van der Waals surface area contributed by atoms with Crippen LogP contribution in [0.2, 0.25) is 0 Å². The van der Waals surface area contributed by atoms with Gasteiger partial charge in [0.1, 0.15) is 11.6 Å². The SMILES string of the molecule is CC(C)[C@@H](CO)Nc1nccc(C#N)c1[N+](=O)[O-]. The molecule has 96 valence electrons. The molecule has 18 heavy (non-hydrogen) atoms. The Morgan fingerprint density at radius 3 is 2.78 bits per heavy atom. The van der Waals surface area contributed by atoms with Gasteiger partial charge in [0, 0.05) is 6.20 Å². The molecule has 7 heteroatoms. The molecule has 0 aliphatic rings. The second-order valence-electron chi connectivity index (χ2n) is 4.10. The number of nitro groups is 1. The van der Waals surface area contributed by atoms with Crippen molar-refractivity contribution in [1.29, 1.82) is 5.26 Å². The van der Waals surface area contributed by atoms with Gasteiger partial charge in [0.2, 0.25) is 5.82 Å². The van der Waals surface area contributed by atoms with E-state index in [2.05, 4.69) is 10.3 Å². The zero-order valence-electron chi connectivity index (χ0n) is 10.1. The van der Waals surface area contributed by atoms with Gasteiger partial charge in [-0.05, 0) is 12.0 Å². The largest absolute Gasteiger partial charge is 0.394 e. The van der Waals surface area contributed by atoms with E-state index in [1.54, 1.807) is 6.07 Å². The lowest BCUT2D eigenvalue weighted by Gasteiger charge is -2.20. The lowest BCUT2D eigenvalue weighted by atomic mass is 10.1. The molecular weight excluding hydrogens is 236 g/mol. The van der Waals surface area contributed by atoms with E-state index in [1.807, 2.05) is 13.8 Å². The summed E-state index contributed by atoms with van der Waals surface area (Å²) in [7, 11) is 0. The van der Waals surface area contributed by atoms with Crippen LogP contribution in [0.3, 0.4) is 0 Å². The fraction of sp³-hybridized carbons (Fsp3) is 0.455. The molecule has 1 heterocycles. The Balaban J connectivity index is 3.17. The Morgan fingerprint density at radius 1 is 1.67 bits per heavy atom. The van der Waals surface area contributed by atoms with E-state index < -0.39 is 4.92 Å². The van der Waals surface area contributed by atoms with Crippen LogP contribution in [0, 0.1) is 27.4 Å². The predicted octanol–water partition coefficient (Wildman–Crippen LogP) is 1.29. The topological polar surface area (TPSA) is 112 Å². The van der Waals surface area contributed by atoms with Crippen LogP contribution >= 0.6 is 0 Å². The van der Waals surface area contributed by atoms with Crippen molar-refractivity contribution in [3.63, 3.8) is 0 Å². The molecule has 0 saturated heterocycles. The summed E-state index contributed by atoms with van der Waals surface area (Å²) in [5.41, 5.74) is -0.419. The molecule has 2 N–H and O–H groups in total. The molecule has 0 fully saturated rings. The molecule has 1 aromatic heterocycles. The van der Waals surface area contributed by atoms with Crippen molar-refractivity contribution >= 4 is 11.5 Å². The number of aliphatic hydroxyl groups excluding tert-OH is 1. The Labute approximate surface area is 104 Å². The number of anilines is 1. The highest BCUT2D eigenvalue weighted by Crippen LogP contribution is 2.26. The first-order valence-electron chi connectivity index (χ1n) is 5.42. The highest BCUT2D eigenvalue weighted by Gasteiger charge is 2.24. The van der Waals surface area contributed by atoms with Crippen LogP contribution in [-0.2, 0) is 0 Å². The van der Waals surface area contributed by atoms with E-state index in [1.165, 1.54) is 12.3 Å². The number of nitrogens with one attached hydrogen (secondary N) is 1. The van der Waals surface area contributed by atoms with E-state index in [0.29, 0.717) is 0 Å². The standard InChI is InChI=1S/C11H14N4O3/c1-7(2)9(6-16)14-11-10(15(17)18)8(5-12)3-4-13-11/h3-4,7,9,16H,6H2,1-2H3,(H,13,14)/t9-/m1/s1. The van der Waals surface area contributed by atoms with Crippen molar-refractivity contribution in [1.82, 2.24) is 4.98 Å². The van der Waals surface area contributed by atoms with Gasteiger partial charge in [0.25, 0.3) is 0 Å². The summed E-state index contributed by atoms with van der Waals surface area (Å²) in [6.07, 6.45) is 1.32. The third-order valence-corrected chi connectivity index (χ3v) is 2.55. The fourth-order valence-electron chi connectivity index (χ4n) is 1.43. The highest BCUT2D eigenvalue weighted by molar-refractivity contribution is 5.64. The maximum absolute atomic E-state index is 11.0. The van der Waals surface area contributed by atoms with Gasteiger partial charge in [0.05, 0.1) is 17.6 Å². The third-order valence-electron chi connectivity index (χ3n) is 2.55. The zero-order chi connectivity index (χ0) is 13.7. The smallest absolute Gasteiger partial charge is 0.328 e. The van der Waals surface area contributed by atoms with Crippen LogP contribution in [0.25, 0.3) is 0 Å². The van der Waals surface area contributed by atoms with Gasteiger partial charge in [0.15, 0.2) is 0 Å². The molecule has 1 rings (SSSR count). The maximum atomic E-state index is 11.0. The molecule has 1 aromatic rings. The summed E-state index contributed by atoms with van der Waals surface area (Å²) in [4.78, 5) is 14.2. The van der Waals surface area contributed by atoms with E-state index >= 15 is 0 Å². The van der Waals surface area contributed by atoms with Gasteiger partial charge in [-0.15, -0.1) is 0 Å². The number of hydrogen-bond acceptors (Lipinski definition) is 6. The van der Waals surface area contributed by atoms with Gasteiger partial charge in [-0.2, -0.15) is 5.26 Å². The van der Waals surface area contributed by atoms with Gasteiger partial charge in [-0.3, -0.25) is 10.1 Å². The van der Waals surface area contributed by atoms with Crippen molar-refractivity contribution in [3.05, 3.63) is 27.9 Å². The normalized spacial score (nSPS) is 11.9. The van der Waals surface area contributed by atoms with Crippen LogP contribution in [0.15, 0.2) is 12.3 Å². The first-order valence-corrected chi connectivity index (χ1v) is 5.42. The second kappa shape index (κ2) is 5.93. The fourth-order valence-corrected chi connectivity index (χ4v) is 1.43. The molecular formula is C11H14N4O3. The minimum absolute atomic E-state index is 0.00630. The van der Waals surface area contributed by atoms with Crippen molar-refractivity contribution in [2.45, 2.75) is 19.9 Å². The van der Waals surface area contributed by atoms with Gasteiger partial charge in [-0.1, -0.05) is 13.8 Å². The Hall–Kier alpha value is -2.20. The van der Waals surface area contributed by atoms with Gasteiger partial charge < -0.3 is 10.4 Å². The van der Waals surface area contributed by atoms with E-state index in [-0.39, 0.29) is 35.6 Å². The predicted molar refractivity (Wildman–Crippen MR) is 64.9 cm³/mol. The molecule has 0 bridgehead atoms. The number of aliphatic hydroxyl groups is 1. The summed E-state index contributed by atoms with van der Waals surface area (Å²) in [6, 6.07) is 2.68. The van der Waals surface area contributed by atoms with Crippen molar-refractivity contribution in [2.75, 3.05) is 11.9 Å². The highest BCUT2D eigenvalue weighted by atomic mass is 16.6. The average molecular weight is 250 g/mol. The van der Waals surface area contributed by atoms with Crippen LogP contribution in [0.1, 0.15) is 19.4 Å². The molecule has 0 spiro atoms. The molecule has 0 amide bonds. The maximum Gasteiger partial charge on any atom is 0.328 e. The number of pyridine rings is 1. The summed E-state index contributed by atoms with van der Waals surface area (Å²) < 4.78 is 0. The van der Waals surface area contributed by atoms with E-state index in [9.17, 15) is 15.2 Å². The molecule has 0 aliphatic heterocycles. The second-order valence-corrected chi connectivity index (χ2v) is 4.10. The minimum Gasteiger partial charge on any atom is -0.394 e. The first kappa shape index (κ1) is 13.9. The Bertz CT molecular complexity index is 482. The lowest BCUT2D eigenvalue weighted by molar-refractivity contribution is -0.384. The first-order chi connectivity index (χ1) is 8.51. The lowest BCUT2D eigenvalue weighted by Crippen LogP contribution is -2.30. The van der Waals surface area contributed by atoms with Crippen molar-refractivity contribution < 1.29 is 10.0 Å². The van der Waals surface area contributed by atoms with Crippen molar-refractivity contribution in [3.8, 4) is 6.07 Å². The summed E-state index contributed by atoms with van der Waals surface area (Å²) >= 11 is 0. The van der Waals surface area contributed by atoms with Crippen LogP contribution < -0.4 is 5.32 Å². The van der Waals surface area contributed by atoms with Crippen LogP contribution in [0.5, 0.6) is 0 Å². The summed E-state index contributed by atoms with van der Waals surface area (Å²) in [6.45, 7) is 3.56. The molecule has 0 saturated carbocycles. The number of aromatic nitrogens is 1. The monoisotopic (exact) mass is 250 g/mol. The number of nitrogens with zero attached hydrogens (tertiary/aromatic N) is 3. The zero-order valence-corrected chi connectivity index (χ0v) is 10.1. The summed E-state index contributed by atoms with van der Waals surface area (Å²) in [5, 5.41) is 31.8. The summed E-state index contributed by atoms with van der Waals surface area (Å²) in [5.74, 6) is 0.0777. The minimum atomic E-state index is -0.650. The van der Waals surface area contributed by atoms with Gasteiger partial charge in [-0.25, -0.2) is 4.98 Å². The Kier molecular flexibility index (Phi) is 4.57. The quantitative estimate of drug-likeness (QED) is 0.601. The number of hydrogen-bond donors (Lipinski definition) is 2. The van der Waals surface area contributed by atoms with E-state index in [0.717, 1.165) is 0 Å². The number of nitriles is 1. The molecule has 7 nitrogen and oxygen atoms in total. The molecule has 0 aliphatic carbocycles. The van der Waals surface area contributed by atoms with Gasteiger partial charge >= 0.3 is 5.69 Å².